The molecule has 0 unspecified atom stereocenters. The number of amides is 1. The highest BCUT2D eigenvalue weighted by molar-refractivity contribution is 5.87. The Morgan fingerprint density at radius 1 is 1.43 bits per heavy atom. The number of hydrogen-bond acceptors (Lipinski definition) is 4. The Morgan fingerprint density at radius 2 is 2.10 bits per heavy atom. The van der Waals surface area contributed by atoms with Crippen LogP contribution in [-0.2, 0) is 17.7 Å². The van der Waals surface area contributed by atoms with Gasteiger partial charge in [0, 0.05) is 30.4 Å². The number of fused-ring (bicyclic) bond motifs is 1. The summed E-state index contributed by atoms with van der Waals surface area (Å²) in [4.78, 5) is 38.7. The molecule has 2 N–H and O–H groups in total. The van der Waals surface area contributed by atoms with E-state index in [0.29, 0.717) is 24.2 Å². The van der Waals surface area contributed by atoms with Crippen LogP contribution in [0.3, 0.4) is 0 Å². The van der Waals surface area contributed by atoms with Gasteiger partial charge in [0.15, 0.2) is 0 Å². The van der Waals surface area contributed by atoms with Crippen molar-refractivity contribution < 1.29 is 19.4 Å². The lowest BCUT2D eigenvalue weighted by atomic mass is 10.0. The first-order valence-corrected chi connectivity index (χ1v) is 6.93. The molecule has 0 saturated heterocycles. The van der Waals surface area contributed by atoms with E-state index in [1.807, 2.05) is 13.8 Å². The first-order chi connectivity index (χ1) is 10.0. The smallest absolute Gasteiger partial charge is 0.410 e. The first-order valence-electron chi connectivity index (χ1n) is 6.93. The number of nitrogens with one attached hydrogen (secondary N) is 1. The third kappa shape index (κ3) is 3.62. The van der Waals surface area contributed by atoms with Crippen molar-refractivity contribution in [2.24, 2.45) is 0 Å². The summed E-state index contributed by atoms with van der Waals surface area (Å²) in [6.45, 7) is 6.47. The number of pyridine rings is 1. The second-order valence-corrected chi connectivity index (χ2v) is 4.16. The molecule has 7 nitrogen and oxygen atoms in total. The Bertz CT molecular complexity index is 579. The molecule has 1 aromatic heterocycles. The molecule has 0 atom stereocenters. The van der Waals surface area contributed by atoms with Gasteiger partial charge in [0.1, 0.15) is 5.56 Å². The van der Waals surface area contributed by atoms with Gasteiger partial charge in [-0.1, -0.05) is 13.8 Å². The van der Waals surface area contributed by atoms with E-state index in [1.54, 1.807) is 6.92 Å². The summed E-state index contributed by atoms with van der Waals surface area (Å²) in [5.74, 6) is -1.28. The second kappa shape index (κ2) is 7.47. The van der Waals surface area contributed by atoms with Crippen LogP contribution in [0.25, 0.3) is 0 Å². The van der Waals surface area contributed by atoms with Gasteiger partial charge in [-0.3, -0.25) is 4.79 Å². The molecule has 0 aromatic carbocycles. The molecular weight excluding hydrogens is 276 g/mol. The number of aromatic amines is 1. The molecule has 0 aliphatic carbocycles. The van der Waals surface area contributed by atoms with E-state index in [4.69, 9.17) is 9.84 Å². The Kier molecular flexibility index (Phi) is 5.95. The Labute approximate surface area is 122 Å². The predicted molar refractivity (Wildman–Crippen MR) is 76.5 cm³/mol. The highest BCUT2D eigenvalue weighted by Gasteiger charge is 2.25. The van der Waals surface area contributed by atoms with Crippen molar-refractivity contribution in [3.63, 3.8) is 0 Å². The third-order valence-electron chi connectivity index (χ3n) is 3.01. The van der Waals surface area contributed by atoms with Gasteiger partial charge in [-0.25, -0.2) is 9.59 Å². The van der Waals surface area contributed by atoms with Crippen LogP contribution in [0.5, 0.6) is 0 Å². The molecule has 21 heavy (non-hydrogen) atoms. The molecule has 0 saturated carbocycles. The number of aromatic carboxylic acids is 1. The number of ether oxygens (including phenoxy) is 1. The highest BCUT2D eigenvalue weighted by atomic mass is 16.6. The summed E-state index contributed by atoms with van der Waals surface area (Å²) >= 11 is 0. The van der Waals surface area contributed by atoms with Gasteiger partial charge in [-0.05, 0) is 6.92 Å². The minimum Gasteiger partial charge on any atom is -0.477 e. The van der Waals surface area contributed by atoms with Gasteiger partial charge < -0.3 is 19.7 Å². The number of aromatic nitrogens is 1. The van der Waals surface area contributed by atoms with Crippen molar-refractivity contribution in [3.8, 4) is 0 Å². The lowest BCUT2D eigenvalue weighted by molar-refractivity contribution is 0.0694. The molecule has 2 heterocycles. The molecular formula is C14H20N2O5. The number of nitrogens with zero attached hydrogens (tertiary/aromatic N) is 1. The van der Waals surface area contributed by atoms with Crippen LogP contribution in [0.4, 0.5) is 4.79 Å². The number of carbonyl (C=O) groups excluding carboxylic acids is 1. The van der Waals surface area contributed by atoms with Gasteiger partial charge in [-0.15, -0.1) is 0 Å². The van der Waals surface area contributed by atoms with Crippen LogP contribution in [0.1, 0.15) is 42.4 Å². The van der Waals surface area contributed by atoms with Gasteiger partial charge in [0.2, 0.25) is 5.43 Å². The van der Waals surface area contributed by atoms with Crippen LogP contribution in [0.2, 0.25) is 0 Å². The molecule has 0 bridgehead atoms. The second-order valence-electron chi connectivity index (χ2n) is 4.16. The van der Waals surface area contributed by atoms with Gasteiger partial charge in [0.25, 0.3) is 0 Å². The van der Waals surface area contributed by atoms with Crippen molar-refractivity contribution in [2.45, 2.75) is 33.7 Å². The molecule has 116 valence electrons. The maximum atomic E-state index is 12.0. The number of carboxylic acids is 1. The van der Waals surface area contributed by atoms with Crippen LogP contribution in [-0.4, -0.2) is 40.2 Å². The van der Waals surface area contributed by atoms with Crippen LogP contribution in [0.15, 0.2) is 11.0 Å². The number of hydrogen-bond donors (Lipinski definition) is 2. The van der Waals surface area contributed by atoms with E-state index in [1.165, 1.54) is 11.1 Å². The Balaban J connectivity index is 0.00000106. The van der Waals surface area contributed by atoms with Crippen LogP contribution in [0, 0.1) is 0 Å². The summed E-state index contributed by atoms with van der Waals surface area (Å²) in [5.41, 5.74) is 0.134. The normalized spacial score (nSPS) is 12.8. The van der Waals surface area contributed by atoms with Crippen molar-refractivity contribution in [3.05, 3.63) is 33.2 Å². The average molecular weight is 296 g/mol. The summed E-state index contributed by atoms with van der Waals surface area (Å²) in [6.07, 6.45) is 1.18. The Morgan fingerprint density at radius 3 is 2.67 bits per heavy atom. The fraction of sp³-hybridized carbons (Fsp3) is 0.500. The molecule has 1 amide bonds. The lowest BCUT2D eigenvalue weighted by Gasteiger charge is -2.27. The van der Waals surface area contributed by atoms with Crippen molar-refractivity contribution in [1.82, 2.24) is 9.88 Å². The predicted octanol–water partition coefficient (Wildman–Crippen LogP) is 1.61. The lowest BCUT2D eigenvalue weighted by Crippen LogP contribution is -2.40. The van der Waals surface area contributed by atoms with Crippen LogP contribution < -0.4 is 5.43 Å². The molecule has 1 aliphatic rings. The zero-order chi connectivity index (χ0) is 16.0. The van der Waals surface area contributed by atoms with Crippen molar-refractivity contribution in [2.75, 3.05) is 13.2 Å². The van der Waals surface area contributed by atoms with Gasteiger partial charge in [0.05, 0.1) is 13.2 Å². The standard InChI is InChI=1S/C12H14N2O5.C2H6/c1-2-19-12(18)14-4-3-9-8(6-14)10(15)7(5-13-9)11(16)17;1-2/h5H,2-4,6H2,1H3,(H,13,15)(H,16,17);1-2H3. The highest BCUT2D eigenvalue weighted by Crippen LogP contribution is 2.15. The number of carboxylic acid groups (broad SMARTS) is 1. The molecule has 0 fully saturated rings. The summed E-state index contributed by atoms with van der Waals surface area (Å²) in [5, 5.41) is 8.90. The van der Waals surface area contributed by atoms with Gasteiger partial charge >= 0.3 is 12.1 Å². The summed E-state index contributed by atoms with van der Waals surface area (Å²) in [6, 6.07) is 0. The quantitative estimate of drug-likeness (QED) is 0.863. The Hall–Kier alpha value is -2.31. The van der Waals surface area contributed by atoms with E-state index < -0.39 is 17.5 Å². The molecule has 0 spiro atoms. The van der Waals surface area contributed by atoms with E-state index in [-0.39, 0.29) is 18.7 Å². The summed E-state index contributed by atoms with van der Waals surface area (Å²) in [7, 11) is 0. The van der Waals surface area contributed by atoms with Crippen molar-refractivity contribution >= 4 is 12.1 Å². The van der Waals surface area contributed by atoms with Crippen molar-refractivity contribution in [1.29, 1.82) is 0 Å². The average Bonchev–Trinajstić information content (AvgIpc) is 2.49. The topological polar surface area (TPSA) is 99.7 Å². The number of H-pyrrole nitrogens is 1. The molecule has 1 aliphatic heterocycles. The van der Waals surface area contributed by atoms with E-state index in [2.05, 4.69) is 4.98 Å². The fourth-order valence-electron chi connectivity index (χ4n) is 2.05. The number of carbonyl (C=O) groups is 2. The SMILES string of the molecule is CC.CCOC(=O)N1CCc2[nH]cc(C(=O)O)c(=O)c2C1. The van der Waals surface area contributed by atoms with E-state index in [0.717, 1.165) is 0 Å². The molecule has 2 rings (SSSR count). The maximum Gasteiger partial charge on any atom is 0.410 e. The van der Waals surface area contributed by atoms with Gasteiger partial charge in [-0.2, -0.15) is 0 Å². The molecule has 1 aromatic rings. The maximum absolute atomic E-state index is 12.0. The number of rotatable bonds is 2. The molecule has 0 radical (unpaired) electrons. The van der Waals surface area contributed by atoms with E-state index >= 15 is 0 Å². The minimum atomic E-state index is -1.28. The molecule has 7 heteroatoms. The monoisotopic (exact) mass is 296 g/mol. The summed E-state index contributed by atoms with van der Waals surface area (Å²) < 4.78 is 4.87. The first kappa shape index (κ1) is 16.7. The minimum absolute atomic E-state index is 0.0740. The zero-order valence-electron chi connectivity index (χ0n) is 12.4. The largest absolute Gasteiger partial charge is 0.477 e. The zero-order valence-corrected chi connectivity index (χ0v) is 12.4. The third-order valence-corrected chi connectivity index (χ3v) is 3.01. The van der Waals surface area contributed by atoms with E-state index in [9.17, 15) is 14.4 Å². The van der Waals surface area contributed by atoms with Crippen LogP contribution >= 0.6 is 0 Å². The fourth-order valence-corrected chi connectivity index (χ4v) is 2.05.